The number of aromatic amines is 1. The number of para-hydroxylation sites is 1. The average molecular weight is 322 g/mol. The van der Waals surface area contributed by atoms with Gasteiger partial charge < -0.3 is 15.2 Å². The summed E-state index contributed by atoms with van der Waals surface area (Å²) in [6.07, 6.45) is 1.02. The smallest absolute Gasteiger partial charge is 0.326 e. The van der Waals surface area contributed by atoms with Crippen LogP contribution in [-0.4, -0.2) is 34.6 Å². The monoisotopic (exact) mass is 322 g/mol. The highest BCUT2D eigenvalue weighted by molar-refractivity contribution is 5.81. The van der Waals surface area contributed by atoms with Crippen molar-refractivity contribution in [3.63, 3.8) is 0 Å². The lowest BCUT2D eigenvalue weighted by Crippen LogP contribution is -2.24. The van der Waals surface area contributed by atoms with Crippen LogP contribution in [0, 0.1) is 6.92 Å². The fraction of sp³-hybridized carbons (Fsp3) is 0.316. The first-order valence-corrected chi connectivity index (χ1v) is 8.37. The fourth-order valence-electron chi connectivity index (χ4n) is 3.56. The van der Waals surface area contributed by atoms with E-state index in [4.69, 9.17) is 0 Å². The zero-order valence-electron chi connectivity index (χ0n) is 14.0. The summed E-state index contributed by atoms with van der Waals surface area (Å²) in [6.45, 7) is 4.04. The van der Waals surface area contributed by atoms with Crippen LogP contribution in [0.4, 0.5) is 11.4 Å². The number of likely N-dealkylation sites (N-methyl/N-ethyl adjacent to an activating group) is 1. The maximum Gasteiger partial charge on any atom is 0.326 e. The number of anilines is 2. The third-order valence-corrected chi connectivity index (χ3v) is 4.87. The first-order chi connectivity index (χ1) is 11.6. The molecule has 0 bridgehead atoms. The molecule has 124 valence electrons. The average Bonchev–Trinajstić information content (AvgIpc) is 3.11. The van der Waals surface area contributed by atoms with Gasteiger partial charge in [-0.15, -0.1) is 0 Å². The van der Waals surface area contributed by atoms with Crippen LogP contribution in [0.5, 0.6) is 0 Å². The van der Waals surface area contributed by atoms with Gasteiger partial charge in [0.1, 0.15) is 0 Å². The van der Waals surface area contributed by atoms with E-state index in [9.17, 15) is 4.79 Å². The van der Waals surface area contributed by atoms with Gasteiger partial charge >= 0.3 is 5.69 Å². The third kappa shape index (κ3) is 2.61. The van der Waals surface area contributed by atoms with E-state index in [0.29, 0.717) is 0 Å². The van der Waals surface area contributed by atoms with Crippen LogP contribution in [0.2, 0.25) is 0 Å². The molecule has 0 spiro atoms. The number of rotatable bonds is 3. The molecule has 5 heteroatoms. The highest BCUT2D eigenvalue weighted by Crippen LogP contribution is 2.26. The summed E-state index contributed by atoms with van der Waals surface area (Å²) in [5.41, 5.74) is 5.10. The Morgan fingerprint density at radius 1 is 1.21 bits per heavy atom. The van der Waals surface area contributed by atoms with Gasteiger partial charge in [0.25, 0.3) is 0 Å². The maximum absolute atomic E-state index is 12.4. The Kier molecular flexibility index (Phi) is 3.65. The molecule has 2 aromatic carbocycles. The van der Waals surface area contributed by atoms with E-state index in [0.717, 1.165) is 41.9 Å². The van der Waals surface area contributed by atoms with Gasteiger partial charge in [-0.05, 0) is 56.8 Å². The molecule has 0 amide bonds. The van der Waals surface area contributed by atoms with Gasteiger partial charge in [0.15, 0.2) is 0 Å². The topological polar surface area (TPSA) is 53.1 Å². The minimum Gasteiger partial charge on any atom is -0.355 e. The number of H-pyrrole nitrogens is 1. The molecule has 1 saturated heterocycles. The zero-order chi connectivity index (χ0) is 16.7. The molecule has 2 heterocycles. The second-order valence-corrected chi connectivity index (χ2v) is 6.68. The van der Waals surface area contributed by atoms with Crippen LogP contribution in [0.3, 0.4) is 0 Å². The van der Waals surface area contributed by atoms with Crippen molar-refractivity contribution in [2.75, 3.05) is 25.5 Å². The predicted octanol–water partition coefficient (Wildman–Crippen LogP) is 3.26. The summed E-state index contributed by atoms with van der Waals surface area (Å²) < 4.78 is 1.91. The number of hydrogen-bond donors (Lipinski definition) is 2. The number of aromatic nitrogens is 2. The molecule has 1 unspecified atom stereocenters. The van der Waals surface area contributed by atoms with Crippen molar-refractivity contribution in [2.45, 2.75) is 19.4 Å². The molecule has 0 radical (unpaired) electrons. The van der Waals surface area contributed by atoms with Crippen LogP contribution in [0.15, 0.2) is 47.3 Å². The van der Waals surface area contributed by atoms with Crippen molar-refractivity contribution in [3.05, 3.63) is 58.5 Å². The maximum atomic E-state index is 12.4. The van der Waals surface area contributed by atoms with E-state index < -0.39 is 0 Å². The Balaban J connectivity index is 1.70. The van der Waals surface area contributed by atoms with Crippen LogP contribution >= 0.6 is 0 Å². The predicted molar refractivity (Wildman–Crippen MR) is 98.2 cm³/mol. The lowest BCUT2D eigenvalue weighted by Gasteiger charge is -2.13. The Morgan fingerprint density at radius 3 is 2.79 bits per heavy atom. The normalized spacial score (nSPS) is 18.3. The van der Waals surface area contributed by atoms with Gasteiger partial charge in [-0.1, -0.05) is 18.2 Å². The number of aryl methyl sites for hydroxylation is 1. The molecule has 1 fully saturated rings. The van der Waals surface area contributed by atoms with E-state index in [1.807, 2.05) is 34.9 Å². The molecule has 4 rings (SSSR count). The quantitative estimate of drug-likeness (QED) is 0.778. The van der Waals surface area contributed by atoms with Crippen LogP contribution < -0.4 is 11.0 Å². The summed E-state index contributed by atoms with van der Waals surface area (Å²) in [4.78, 5) is 17.7. The molecule has 0 saturated carbocycles. The van der Waals surface area contributed by atoms with E-state index in [2.05, 4.69) is 41.3 Å². The first kappa shape index (κ1) is 15.0. The largest absolute Gasteiger partial charge is 0.355 e. The van der Waals surface area contributed by atoms with Gasteiger partial charge in [-0.25, -0.2) is 4.79 Å². The Morgan fingerprint density at radius 2 is 2.04 bits per heavy atom. The molecular formula is C19H22N4O. The minimum atomic E-state index is -0.0154. The standard InChI is InChI=1S/C19H22N4O/c1-13-5-3-4-6-16(13)20-14-7-8-18-17(11-14)21-19(24)23(18)15-9-10-22(2)12-15/h3-8,11,15,20H,9-10,12H2,1-2H3,(H,21,24). The second kappa shape index (κ2) is 5.83. The first-order valence-electron chi connectivity index (χ1n) is 8.37. The van der Waals surface area contributed by atoms with Crippen molar-refractivity contribution < 1.29 is 0 Å². The summed E-state index contributed by atoms with van der Waals surface area (Å²) in [5.74, 6) is 0. The highest BCUT2D eigenvalue weighted by Gasteiger charge is 2.24. The second-order valence-electron chi connectivity index (χ2n) is 6.68. The summed E-state index contributed by atoms with van der Waals surface area (Å²) in [5, 5.41) is 3.43. The molecule has 1 aliphatic heterocycles. The van der Waals surface area contributed by atoms with E-state index in [1.165, 1.54) is 5.56 Å². The molecule has 24 heavy (non-hydrogen) atoms. The van der Waals surface area contributed by atoms with Crippen molar-refractivity contribution in [1.82, 2.24) is 14.5 Å². The Hall–Kier alpha value is -2.53. The van der Waals surface area contributed by atoms with Crippen LogP contribution in [-0.2, 0) is 0 Å². The third-order valence-electron chi connectivity index (χ3n) is 4.87. The SMILES string of the molecule is Cc1ccccc1Nc1ccc2c(c1)[nH]c(=O)n2C1CCN(C)C1. The van der Waals surface area contributed by atoms with Gasteiger partial charge in [0, 0.05) is 17.9 Å². The number of fused-ring (bicyclic) bond motifs is 1. The molecule has 5 nitrogen and oxygen atoms in total. The number of nitrogens with zero attached hydrogens (tertiary/aromatic N) is 2. The molecule has 1 aliphatic rings. The van der Waals surface area contributed by atoms with E-state index in [1.54, 1.807) is 0 Å². The summed E-state index contributed by atoms with van der Waals surface area (Å²) in [7, 11) is 2.10. The van der Waals surface area contributed by atoms with Crippen LogP contribution in [0.25, 0.3) is 11.0 Å². The van der Waals surface area contributed by atoms with E-state index in [-0.39, 0.29) is 11.7 Å². The van der Waals surface area contributed by atoms with Crippen molar-refractivity contribution >= 4 is 22.4 Å². The van der Waals surface area contributed by atoms with Crippen molar-refractivity contribution in [3.8, 4) is 0 Å². The van der Waals surface area contributed by atoms with Crippen molar-refractivity contribution in [1.29, 1.82) is 0 Å². The number of nitrogens with one attached hydrogen (secondary N) is 2. The molecule has 0 aliphatic carbocycles. The highest BCUT2D eigenvalue weighted by atomic mass is 16.1. The Bertz CT molecular complexity index is 940. The summed E-state index contributed by atoms with van der Waals surface area (Å²) in [6, 6.07) is 14.5. The van der Waals surface area contributed by atoms with Gasteiger partial charge in [0.2, 0.25) is 0 Å². The zero-order valence-corrected chi connectivity index (χ0v) is 14.0. The number of imidazole rings is 1. The van der Waals surface area contributed by atoms with Gasteiger partial charge in [-0.2, -0.15) is 0 Å². The molecule has 3 aromatic rings. The Labute approximate surface area is 140 Å². The number of benzene rings is 2. The lowest BCUT2D eigenvalue weighted by molar-refractivity contribution is 0.392. The van der Waals surface area contributed by atoms with Crippen LogP contribution in [0.1, 0.15) is 18.0 Å². The van der Waals surface area contributed by atoms with E-state index >= 15 is 0 Å². The molecular weight excluding hydrogens is 300 g/mol. The molecule has 1 aromatic heterocycles. The lowest BCUT2D eigenvalue weighted by atomic mass is 10.2. The van der Waals surface area contributed by atoms with Gasteiger partial charge in [0.05, 0.1) is 17.1 Å². The van der Waals surface area contributed by atoms with Crippen molar-refractivity contribution in [2.24, 2.45) is 0 Å². The summed E-state index contributed by atoms with van der Waals surface area (Å²) >= 11 is 0. The molecule has 1 atom stereocenters. The number of hydrogen-bond acceptors (Lipinski definition) is 3. The molecule has 2 N–H and O–H groups in total. The van der Waals surface area contributed by atoms with Gasteiger partial charge in [-0.3, -0.25) is 4.57 Å². The number of likely N-dealkylation sites (tertiary alicyclic amines) is 1. The minimum absolute atomic E-state index is 0.0154. The fourth-order valence-corrected chi connectivity index (χ4v) is 3.56.